The number of nitrogens with one attached hydrogen (secondary N) is 2. The molecular formula is C14H19FIN5O. The van der Waals surface area contributed by atoms with Gasteiger partial charge >= 0.3 is 0 Å². The topological polar surface area (TPSA) is 75.3 Å². The predicted octanol–water partition coefficient (Wildman–Crippen LogP) is 2.31. The van der Waals surface area contributed by atoms with Gasteiger partial charge in [0, 0.05) is 20.5 Å². The maximum absolute atomic E-state index is 13.5. The van der Waals surface area contributed by atoms with E-state index in [9.17, 15) is 4.39 Å². The van der Waals surface area contributed by atoms with Crippen LogP contribution in [0, 0.1) is 19.7 Å². The van der Waals surface area contributed by atoms with Crippen molar-refractivity contribution in [2.75, 3.05) is 7.05 Å². The number of guanidine groups is 1. The maximum Gasteiger partial charge on any atom is 0.223 e. The zero-order valence-corrected chi connectivity index (χ0v) is 15.0. The fourth-order valence-corrected chi connectivity index (χ4v) is 1.73. The first-order valence-electron chi connectivity index (χ1n) is 6.57. The Balaban J connectivity index is 0.00000242. The normalized spacial score (nSPS) is 11.0. The second kappa shape index (κ2) is 8.66. The highest BCUT2D eigenvalue weighted by atomic mass is 127. The van der Waals surface area contributed by atoms with E-state index >= 15 is 0 Å². The zero-order valence-electron chi connectivity index (χ0n) is 12.7. The van der Waals surface area contributed by atoms with E-state index in [1.165, 1.54) is 6.07 Å². The summed E-state index contributed by atoms with van der Waals surface area (Å²) < 4.78 is 18.3. The molecular weight excluding hydrogens is 400 g/mol. The van der Waals surface area contributed by atoms with Gasteiger partial charge in [-0.05, 0) is 24.1 Å². The molecule has 0 aliphatic heterocycles. The van der Waals surface area contributed by atoms with Gasteiger partial charge in [0.05, 0.1) is 6.54 Å². The molecule has 0 fully saturated rings. The molecule has 1 aromatic heterocycles. The Morgan fingerprint density at radius 3 is 2.59 bits per heavy atom. The number of aryl methyl sites for hydroxylation is 2. The van der Waals surface area contributed by atoms with Crippen molar-refractivity contribution >= 4 is 29.9 Å². The lowest BCUT2D eigenvalue weighted by Crippen LogP contribution is -2.36. The third-order valence-corrected chi connectivity index (χ3v) is 2.90. The van der Waals surface area contributed by atoms with Crippen LogP contribution in [0.2, 0.25) is 0 Å². The molecule has 0 amide bonds. The second-order valence-corrected chi connectivity index (χ2v) is 4.59. The van der Waals surface area contributed by atoms with E-state index < -0.39 is 0 Å². The molecule has 0 saturated carbocycles. The smallest absolute Gasteiger partial charge is 0.223 e. The van der Waals surface area contributed by atoms with E-state index in [0.717, 1.165) is 5.56 Å². The standard InChI is InChI=1S/C14H18FN5O.HI/c1-9-4-5-11(6-12(9)15)7-17-14(16-3)18-8-13-19-10(2)21-20-13;/h4-6H,7-8H2,1-3H3,(H2,16,17,18);1H. The SMILES string of the molecule is CN=C(NCc1ccc(C)c(F)c1)NCc1noc(C)n1.I. The molecule has 0 spiro atoms. The quantitative estimate of drug-likeness (QED) is 0.452. The number of nitrogens with zero attached hydrogens (tertiary/aromatic N) is 3. The van der Waals surface area contributed by atoms with Crippen molar-refractivity contribution in [1.82, 2.24) is 20.8 Å². The molecule has 2 rings (SSSR count). The monoisotopic (exact) mass is 419 g/mol. The van der Waals surface area contributed by atoms with Crippen LogP contribution < -0.4 is 10.6 Å². The molecule has 8 heteroatoms. The molecule has 22 heavy (non-hydrogen) atoms. The predicted molar refractivity (Wildman–Crippen MR) is 92.6 cm³/mol. The molecule has 1 aromatic carbocycles. The van der Waals surface area contributed by atoms with Crippen LogP contribution in [0.1, 0.15) is 22.8 Å². The van der Waals surface area contributed by atoms with Gasteiger partial charge in [0.25, 0.3) is 0 Å². The molecule has 0 unspecified atom stereocenters. The lowest BCUT2D eigenvalue weighted by molar-refractivity contribution is 0.387. The summed E-state index contributed by atoms with van der Waals surface area (Å²) in [6, 6.07) is 5.14. The highest BCUT2D eigenvalue weighted by Crippen LogP contribution is 2.08. The fraction of sp³-hybridized carbons (Fsp3) is 0.357. The van der Waals surface area contributed by atoms with E-state index in [1.54, 1.807) is 27.0 Å². The molecule has 2 aromatic rings. The zero-order chi connectivity index (χ0) is 15.2. The number of halogens is 2. The Labute approximate surface area is 145 Å². The van der Waals surface area contributed by atoms with Crippen molar-refractivity contribution in [2.45, 2.75) is 26.9 Å². The van der Waals surface area contributed by atoms with E-state index in [1.807, 2.05) is 6.07 Å². The third-order valence-electron chi connectivity index (χ3n) is 2.90. The van der Waals surface area contributed by atoms with Crippen LogP contribution in [0.3, 0.4) is 0 Å². The highest BCUT2D eigenvalue weighted by molar-refractivity contribution is 14.0. The summed E-state index contributed by atoms with van der Waals surface area (Å²) in [5, 5.41) is 9.93. The Hall–Kier alpha value is -1.71. The van der Waals surface area contributed by atoms with Crippen molar-refractivity contribution in [2.24, 2.45) is 4.99 Å². The van der Waals surface area contributed by atoms with E-state index in [-0.39, 0.29) is 29.8 Å². The lowest BCUT2D eigenvalue weighted by Gasteiger charge is -2.11. The molecule has 0 atom stereocenters. The number of rotatable bonds is 4. The largest absolute Gasteiger partial charge is 0.352 e. The van der Waals surface area contributed by atoms with Gasteiger partial charge in [0.1, 0.15) is 5.82 Å². The number of hydrogen-bond donors (Lipinski definition) is 2. The summed E-state index contributed by atoms with van der Waals surface area (Å²) in [5.74, 6) is 1.44. The summed E-state index contributed by atoms with van der Waals surface area (Å²) in [7, 11) is 1.66. The molecule has 1 heterocycles. The van der Waals surface area contributed by atoms with Crippen LogP contribution in [0.15, 0.2) is 27.7 Å². The van der Waals surface area contributed by atoms with Crippen molar-refractivity contribution in [3.63, 3.8) is 0 Å². The maximum atomic E-state index is 13.5. The van der Waals surface area contributed by atoms with Crippen LogP contribution in [0.25, 0.3) is 0 Å². The van der Waals surface area contributed by atoms with Crippen LogP contribution in [-0.2, 0) is 13.1 Å². The van der Waals surface area contributed by atoms with Crippen LogP contribution in [0.5, 0.6) is 0 Å². The summed E-state index contributed by atoms with van der Waals surface area (Å²) >= 11 is 0. The average Bonchev–Trinajstić information content (AvgIpc) is 2.88. The number of aromatic nitrogens is 2. The van der Waals surface area contributed by atoms with E-state index in [2.05, 4.69) is 25.8 Å². The van der Waals surface area contributed by atoms with Crippen molar-refractivity contribution in [3.05, 3.63) is 46.9 Å². The highest BCUT2D eigenvalue weighted by Gasteiger charge is 2.04. The minimum absolute atomic E-state index is 0. The lowest BCUT2D eigenvalue weighted by atomic mass is 10.1. The van der Waals surface area contributed by atoms with E-state index in [4.69, 9.17) is 4.52 Å². The first-order valence-corrected chi connectivity index (χ1v) is 6.57. The van der Waals surface area contributed by atoms with Crippen LogP contribution >= 0.6 is 24.0 Å². The van der Waals surface area contributed by atoms with Gasteiger partial charge in [-0.3, -0.25) is 4.99 Å². The van der Waals surface area contributed by atoms with Gasteiger partial charge in [0.15, 0.2) is 11.8 Å². The van der Waals surface area contributed by atoms with Crippen molar-refractivity contribution in [1.29, 1.82) is 0 Å². The van der Waals surface area contributed by atoms with Gasteiger partial charge in [-0.15, -0.1) is 24.0 Å². The second-order valence-electron chi connectivity index (χ2n) is 4.59. The molecule has 0 aliphatic rings. The van der Waals surface area contributed by atoms with Gasteiger partial charge in [-0.25, -0.2) is 4.39 Å². The molecule has 0 aliphatic carbocycles. The summed E-state index contributed by atoms with van der Waals surface area (Å²) in [5.41, 5.74) is 1.48. The minimum Gasteiger partial charge on any atom is -0.352 e. The third kappa shape index (κ3) is 5.24. The number of hydrogen-bond acceptors (Lipinski definition) is 4. The Kier molecular flexibility index (Phi) is 7.22. The van der Waals surface area contributed by atoms with Gasteiger partial charge in [-0.2, -0.15) is 4.98 Å². The Morgan fingerprint density at radius 1 is 1.27 bits per heavy atom. The van der Waals surface area contributed by atoms with Crippen molar-refractivity contribution in [3.8, 4) is 0 Å². The molecule has 120 valence electrons. The summed E-state index contributed by atoms with van der Waals surface area (Å²) in [6.07, 6.45) is 0. The molecule has 0 radical (unpaired) electrons. The van der Waals surface area contributed by atoms with Gasteiger partial charge in [0.2, 0.25) is 5.89 Å². The minimum atomic E-state index is -0.209. The number of benzene rings is 1. The summed E-state index contributed by atoms with van der Waals surface area (Å²) in [6.45, 7) is 4.34. The first-order chi connectivity index (χ1) is 10.1. The fourth-order valence-electron chi connectivity index (χ4n) is 1.73. The molecule has 0 saturated heterocycles. The first kappa shape index (κ1) is 18.3. The van der Waals surface area contributed by atoms with Gasteiger partial charge in [-0.1, -0.05) is 17.3 Å². The molecule has 0 bridgehead atoms. The Morgan fingerprint density at radius 2 is 2.00 bits per heavy atom. The summed E-state index contributed by atoms with van der Waals surface area (Å²) in [4.78, 5) is 8.16. The van der Waals surface area contributed by atoms with Gasteiger partial charge < -0.3 is 15.2 Å². The number of aliphatic imine (C=N–C) groups is 1. The molecule has 6 nitrogen and oxygen atoms in total. The van der Waals surface area contributed by atoms with Crippen LogP contribution in [0.4, 0.5) is 4.39 Å². The van der Waals surface area contributed by atoms with Crippen molar-refractivity contribution < 1.29 is 8.91 Å². The van der Waals surface area contributed by atoms with E-state index in [0.29, 0.717) is 36.3 Å². The average molecular weight is 419 g/mol. The molecule has 2 N–H and O–H groups in total. The Bertz CT molecular complexity index is 644. The van der Waals surface area contributed by atoms with Crippen LogP contribution in [-0.4, -0.2) is 23.1 Å².